The molecule has 1 fully saturated rings. The highest BCUT2D eigenvalue weighted by Gasteiger charge is 2.32. The predicted molar refractivity (Wildman–Crippen MR) is 79.4 cm³/mol. The number of carbonyl (C=O) groups excluding carboxylic acids is 1. The number of aromatic nitrogens is 1. The second-order valence-electron chi connectivity index (χ2n) is 5.76. The summed E-state index contributed by atoms with van der Waals surface area (Å²) in [5.74, 6) is -1.15. The van der Waals surface area contributed by atoms with Crippen molar-refractivity contribution in [2.24, 2.45) is 11.7 Å². The number of rotatable bonds is 3. The van der Waals surface area contributed by atoms with Gasteiger partial charge in [0, 0.05) is 18.3 Å². The van der Waals surface area contributed by atoms with Crippen molar-refractivity contribution < 1.29 is 14.7 Å². The third-order valence-corrected chi connectivity index (χ3v) is 4.10. The van der Waals surface area contributed by atoms with Gasteiger partial charge in [-0.2, -0.15) is 0 Å². The minimum Gasteiger partial charge on any atom is -0.478 e. The van der Waals surface area contributed by atoms with Crippen LogP contribution in [0.4, 0.5) is 5.82 Å². The molecule has 1 amide bonds. The molecule has 6 heteroatoms. The molecule has 1 saturated heterocycles. The average molecular weight is 291 g/mol. The number of nitrogens with two attached hydrogens (primary N) is 1. The lowest BCUT2D eigenvalue weighted by molar-refractivity contribution is -0.122. The molecule has 0 radical (unpaired) electrons. The number of pyridine rings is 1. The van der Waals surface area contributed by atoms with Crippen LogP contribution < -0.4 is 10.6 Å². The standard InChI is InChI=1S/C15H21N3O3/c1-8-6-9(2)17-14(12(8)15(20)21)18-7-11(13(16)19)5-4-10(18)3/h6,10-11H,4-5,7H2,1-3H3,(H2,16,19)(H,20,21). The van der Waals surface area contributed by atoms with E-state index in [2.05, 4.69) is 4.98 Å². The van der Waals surface area contributed by atoms with Crippen LogP contribution in [0.1, 0.15) is 41.4 Å². The van der Waals surface area contributed by atoms with E-state index < -0.39 is 5.97 Å². The van der Waals surface area contributed by atoms with E-state index >= 15 is 0 Å². The zero-order chi connectivity index (χ0) is 15.7. The Labute approximate surface area is 124 Å². The van der Waals surface area contributed by atoms with Gasteiger partial charge in [0.1, 0.15) is 11.4 Å². The van der Waals surface area contributed by atoms with Gasteiger partial charge in [-0.1, -0.05) is 0 Å². The first kappa shape index (κ1) is 15.3. The first-order chi connectivity index (χ1) is 9.81. The Morgan fingerprint density at radius 1 is 1.38 bits per heavy atom. The van der Waals surface area contributed by atoms with E-state index in [4.69, 9.17) is 5.73 Å². The molecule has 3 N–H and O–H groups in total. The molecule has 1 aliphatic heterocycles. The molecule has 6 nitrogen and oxygen atoms in total. The lowest BCUT2D eigenvalue weighted by Gasteiger charge is -2.38. The summed E-state index contributed by atoms with van der Waals surface area (Å²) >= 11 is 0. The molecule has 0 spiro atoms. The number of amides is 1. The van der Waals surface area contributed by atoms with Crippen molar-refractivity contribution in [1.82, 2.24) is 4.98 Å². The van der Waals surface area contributed by atoms with Crippen molar-refractivity contribution in [3.05, 3.63) is 22.9 Å². The van der Waals surface area contributed by atoms with Crippen molar-refractivity contribution in [2.45, 2.75) is 39.7 Å². The fourth-order valence-corrected chi connectivity index (χ4v) is 2.92. The van der Waals surface area contributed by atoms with Gasteiger partial charge in [0.2, 0.25) is 5.91 Å². The van der Waals surface area contributed by atoms with Crippen molar-refractivity contribution in [3.63, 3.8) is 0 Å². The Kier molecular flexibility index (Phi) is 4.16. The summed E-state index contributed by atoms with van der Waals surface area (Å²) in [6, 6.07) is 1.89. The summed E-state index contributed by atoms with van der Waals surface area (Å²) in [5.41, 5.74) is 7.06. The highest BCUT2D eigenvalue weighted by Crippen LogP contribution is 2.30. The largest absolute Gasteiger partial charge is 0.478 e. The Bertz CT molecular complexity index is 586. The fraction of sp³-hybridized carbons (Fsp3) is 0.533. The van der Waals surface area contributed by atoms with Gasteiger partial charge in [-0.3, -0.25) is 4.79 Å². The van der Waals surface area contributed by atoms with Gasteiger partial charge in [-0.15, -0.1) is 0 Å². The van der Waals surface area contributed by atoms with E-state index in [0.29, 0.717) is 17.9 Å². The molecular weight excluding hydrogens is 270 g/mol. The molecule has 1 aromatic heterocycles. The van der Waals surface area contributed by atoms with Crippen molar-refractivity contribution in [3.8, 4) is 0 Å². The highest BCUT2D eigenvalue weighted by molar-refractivity contribution is 5.95. The molecule has 1 aliphatic rings. The minimum atomic E-state index is -0.997. The van der Waals surface area contributed by atoms with E-state index in [0.717, 1.165) is 18.5 Å². The molecule has 21 heavy (non-hydrogen) atoms. The van der Waals surface area contributed by atoms with Crippen LogP contribution in [0.3, 0.4) is 0 Å². The number of carbonyl (C=O) groups is 2. The molecule has 2 rings (SSSR count). The summed E-state index contributed by atoms with van der Waals surface area (Å²) in [7, 11) is 0. The van der Waals surface area contributed by atoms with Crippen LogP contribution >= 0.6 is 0 Å². The molecule has 2 atom stereocenters. The average Bonchev–Trinajstić information content (AvgIpc) is 2.37. The second kappa shape index (κ2) is 5.71. The number of aryl methyl sites for hydroxylation is 2. The zero-order valence-electron chi connectivity index (χ0n) is 12.6. The molecule has 0 aromatic carbocycles. The molecule has 2 heterocycles. The lowest BCUT2D eigenvalue weighted by atomic mass is 9.92. The molecule has 0 aliphatic carbocycles. The van der Waals surface area contributed by atoms with Gasteiger partial charge in [-0.05, 0) is 45.2 Å². The predicted octanol–water partition coefficient (Wildman–Crippen LogP) is 1.49. The maximum Gasteiger partial charge on any atom is 0.339 e. The van der Waals surface area contributed by atoms with Crippen LogP contribution in [0.5, 0.6) is 0 Å². The number of piperidine rings is 1. The summed E-state index contributed by atoms with van der Waals surface area (Å²) < 4.78 is 0. The van der Waals surface area contributed by atoms with Crippen LogP contribution in [0.25, 0.3) is 0 Å². The van der Waals surface area contributed by atoms with Gasteiger partial charge >= 0.3 is 5.97 Å². The number of primary amides is 1. The topological polar surface area (TPSA) is 96.5 Å². The third-order valence-electron chi connectivity index (χ3n) is 4.10. The number of hydrogen-bond acceptors (Lipinski definition) is 4. The number of aromatic carboxylic acids is 1. The summed E-state index contributed by atoms with van der Waals surface area (Å²) in [4.78, 5) is 29.3. The summed E-state index contributed by atoms with van der Waals surface area (Å²) in [5, 5.41) is 9.47. The number of nitrogens with zero attached hydrogens (tertiary/aromatic N) is 2. The van der Waals surface area contributed by atoms with Crippen LogP contribution in [-0.2, 0) is 4.79 Å². The monoisotopic (exact) mass is 291 g/mol. The second-order valence-corrected chi connectivity index (χ2v) is 5.76. The van der Waals surface area contributed by atoms with E-state index in [1.54, 1.807) is 13.0 Å². The summed E-state index contributed by atoms with van der Waals surface area (Å²) in [6.45, 7) is 6.04. The maximum absolute atomic E-state index is 11.6. The quantitative estimate of drug-likeness (QED) is 0.879. The van der Waals surface area contributed by atoms with E-state index in [1.807, 2.05) is 18.7 Å². The first-order valence-corrected chi connectivity index (χ1v) is 7.08. The van der Waals surface area contributed by atoms with Crippen LogP contribution in [-0.4, -0.2) is 34.6 Å². The Morgan fingerprint density at radius 3 is 2.62 bits per heavy atom. The SMILES string of the molecule is Cc1cc(C)c(C(=O)O)c(N2CC(C(N)=O)CCC2C)n1. The number of carboxylic acid groups (broad SMARTS) is 1. The minimum absolute atomic E-state index is 0.132. The van der Waals surface area contributed by atoms with Crippen molar-refractivity contribution in [2.75, 3.05) is 11.4 Å². The summed E-state index contributed by atoms with van der Waals surface area (Å²) in [6.07, 6.45) is 1.53. The van der Waals surface area contributed by atoms with Crippen molar-refractivity contribution in [1.29, 1.82) is 0 Å². The highest BCUT2D eigenvalue weighted by atomic mass is 16.4. The Morgan fingerprint density at radius 2 is 2.05 bits per heavy atom. The third kappa shape index (κ3) is 2.99. The Balaban J connectivity index is 2.48. The van der Waals surface area contributed by atoms with E-state index in [9.17, 15) is 14.7 Å². The smallest absolute Gasteiger partial charge is 0.339 e. The van der Waals surface area contributed by atoms with E-state index in [1.165, 1.54) is 0 Å². The Hall–Kier alpha value is -2.11. The van der Waals surface area contributed by atoms with Gasteiger partial charge in [-0.25, -0.2) is 9.78 Å². The van der Waals surface area contributed by atoms with Crippen LogP contribution in [0, 0.1) is 19.8 Å². The van der Waals surface area contributed by atoms with E-state index in [-0.39, 0.29) is 23.4 Å². The molecule has 0 saturated carbocycles. The zero-order valence-corrected chi connectivity index (χ0v) is 12.6. The maximum atomic E-state index is 11.6. The number of anilines is 1. The van der Waals surface area contributed by atoms with Gasteiger partial charge in [0.25, 0.3) is 0 Å². The number of hydrogen-bond donors (Lipinski definition) is 2. The van der Waals surface area contributed by atoms with Crippen molar-refractivity contribution >= 4 is 17.7 Å². The molecule has 2 unspecified atom stereocenters. The number of carboxylic acids is 1. The molecular formula is C15H21N3O3. The van der Waals surface area contributed by atoms with Gasteiger partial charge < -0.3 is 15.7 Å². The molecule has 114 valence electrons. The van der Waals surface area contributed by atoms with Gasteiger partial charge in [0.15, 0.2) is 0 Å². The lowest BCUT2D eigenvalue weighted by Crippen LogP contribution is -2.47. The molecule has 1 aromatic rings. The fourth-order valence-electron chi connectivity index (χ4n) is 2.92. The van der Waals surface area contributed by atoms with Crippen LogP contribution in [0.2, 0.25) is 0 Å². The van der Waals surface area contributed by atoms with Gasteiger partial charge in [0.05, 0.1) is 5.92 Å². The molecule has 0 bridgehead atoms. The van der Waals surface area contributed by atoms with Crippen LogP contribution in [0.15, 0.2) is 6.07 Å². The first-order valence-electron chi connectivity index (χ1n) is 7.08. The normalized spacial score (nSPS) is 22.1.